The van der Waals surface area contributed by atoms with Crippen molar-refractivity contribution >= 4 is 28.7 Å². The summed E-state index contributed by atoms with van der Waals surface area (Å²) in [6.07, 6.45) is 4.26. The first-order valence-electron chi connectivity index (χ1n) is 12.9. The van der Waals surface area contributed by atoms with E-state index in [2.05, 4.69) is 0 Å². The molecular formula is C27H33N5O5. The van der Waals surface area contributed by atoms with Gasteiger partial charge in [0.15, 0.2) is 0 Å². The molecule has 2 amide bonds. The van der Waals surface area contributed by atoms with Crippen molar-refractivity contribution in [3.8, 4) is 0 Å². The van der Waals surface area contributed by atoms with Crippen molar-refractivity contribution in [3.05, 3.63) is 58.3 Å². The Morgan fingerprint density at radius 2 is 1.95 bits per heavy atom. The van der Waals surface area contributed by atoms with Crippen LogP contribution < -0.4 is 10.5 Å². The second kappa shape index (κ2) is 10.4. The summed E-state index contributed by atoms with van der Waals surface area (Å²) in [5, 5.41) is 9.84. The molecule has 1 atom stereocenters. The maximum atomic E-state index is 13.4. The standard InChI is InChI=1S/C27H33N5O5/c1-18-6-7-20-21(32(18)27(35)36)8-9-22-26(20)28-23(10-14-30-13-4-3-5-24(30)33)31(22)17-25(34)29(2)19-11-15-37-16-12-19/h3-5,8-9,13,18-19H,6-7,10-12,14-17H2,1-2H3,(H,35,36)/t18-/m0/s1. The average Bonchev–Trinajstić information content (AvgIpc) is 3.25. The first kappa shape index (κ1) is 25.0. The van der Waals surface area contributed by atoms with Gasteiger partial charge in [-0.05, 0) is 50.8 Å². The minimum absolute atomic E-state index is 0.0113. The van der Waals surface area contributed by atoms with Crippen LogP contribution in [0.5, 0.6) is 0 Å². The van der Waals surface area contributed by atoms with E-state index in [0.29, 0.717) is 50.5 Å². The Balaban J connectivity index is 1.53. The highest BCUT2D eigenvalue weighted by Gasteiger charge is 2.31. The molecular weight excluding hydrogens is 474 g/mol. The van der Waals surface area contributed by atoms with Gasteiger partial charge in [-0.2, -0.15) is 0 Å². The molecule has 37 heavy (non-hydrogen) atoms. The van der Waals surface area contributed by atoms with Crippen LogP contribution in [0, 0.1) is 0 Å². The predicted molar refractivity (Wildman–Crippen MR) is 139 cm³/mol. The molecule has 0 bridgehead atoms. The second-order valence-corrected chi connectivity index (χ2v) is 9.92. The molecule has 3 aromatic rings. The first-order valence-corrected chi connectivity index (χ1v) is 12.9. The number of anilines is 1. The number of hydrogen-bond donors (Lipinski definition) is 1. The van der Waals surface area contributed by atoms with E-state index in [0.717, 1.165) is 29.4 Å². The minimum Gasteiger partial charge on any atom is -0.465 e. The van der Waals surface area contributed by atoms with Crippen LogP contribution in [0.4, 0.5) is 10.5 Å². The SMILES string of the molecule is C[C@H]1CCc2c(ccc3c2nc(CCn2ccccc2=O)n3CC(=O)N(C)C2CCOCC2)N1C(=O)O. The Morgan fingerprint density at radius 1 is 1.16 bits per heavy atom. The maximum absolute atomic E-state index is 13.4. The molecule has 4 heterocycles. The summed E-state index contributed by atoms with van der Waals surface area (Å²) in [6, 6.07) is 8.76. The molecule has 10 nitrogen and oxygen atoms in total. The highest BCUT2D eigenvalue weighted by Crippen LogP contribution is 2.36. The Morgan fingerprint density at radius 3 is 2.68 bits per heavy atom. The van der Waals surface area contributed by atoms with Gasteiger partial charge in [-0.1, -0.05) is 6.07 Å². The number of imidazole rings is 1. The molecule has 1 fully saturated rings. The lowest BCUT2D eigenvalue weighted by Gasteiger charge is -2.33. The number of hydrogen-bond acceptors (Lipinski definition) is 5. The Kier molecular flexibility index (Phi) is 7.01. The number of pyridine rings is 1. The number of ether oxygens (including phenoxy) is 1. The number of aromatic nitrogens is 3. The number of nitrogens with zero attached hydrogens (tertiary/aromatic N) is 5. The summed E-state index contributed by atoms with van der Waals surface area (Å²) in [5.74, 6) is 0.691. The van der Waals surface area contributed by atoms with Crippen molar-refractivity contribution in [2.24, 2.45) is 0 Å². The summed E-state index contributed by atoms with van der Waals surface area (Å²) < 4.78 is 9.02. The Labute approximate surface area is 215 Å². The number of fused-ring (bicyclic) bond motifs is 3. The van der Waals surface area contributed by atoms with E-state index < -0.39 is 6.09 Å². The lowest BCUT2D eigenvalue weighted by molar-refractivity contribution is -0.134. The summed E-state index contributed by atoms with van der Waals surface area (Å²) in [4.78, 5) is 45.8. The van der Waals surface area contributed by atoms with Gasteiger partial charge in [-0.15, -0.1) is 0 Å². The Hall–Kier alpha value is -3.66. The number of carbonyl (C=O) groups is 2. The van der Waals surface area contributed by atoms with Crippen LogP contribution in [0.1, 0.15) is 37.6 Å². The van der Waals surface area contributed by atoms with E-state index >= 15 is 0 Å². The van der Waals surface area contributed by atoms with Crippen molar-refractivity contribution in [1.29, 1.82) is 0 Å². The van der Waals surface area contributed by atoms with Crippen molar-refractivity contribution in [2.75, 3.05) is 25.2 Å². The molecule has 0 saturated carbocycles. The van der Waals surface area contributed by atoms with Gasteiger partial charge < -0.3 is 23.9 Å². The molecule has 1 aromatic carbocycles. The van der Waals surface area contributed by atoms with Crippen LogP contribution in [-0.2, 0) is 35.5 Å². The zero-order chi connectivity index (χ0) is 26.1. The highest BCUT2D eigenvalue weighted by molar-refractivity contribution is 5.95. The number of carbonyl (C=O) groups excluding carboxylic acids is 1. The zero-order valence-corrected chi connectivity index (χ0v) is 21.3. The van der Waals surface area contributed by atoms with Crippen molar-refractivity contribution in [1.82, 2.24) is 19.0 Å². The quantitative estimate of drug-likeness (QED) is 0.550. The van der Waals surface area contributed by atoms with E-state index in [1.165, 1.54) is 11.0 Å². The third kappa shape index (κ3) is 4.85. The number of amides is 2. The molecule has 196 valence electrons. The molecule has 2 aliphatic heterocycles. The van der Waals surface area contributed by atoms with E-state index in [4.69, 9.17) is 9.72 Å². The van der Waals surface area contributed by atoms with Crippen LogP contribution in [0.2, 0.25) is 0 Å². The zero-order valence-electron chi connectivity index (χ0n) is 21.3. The van der Waals surface area contributed by atoms with Gasteiger partial charge in [0.1, 0.15) is 12.4 Å². The largest absolute Gasteiger partial charge is 0.465 e. The van der Waals surface area contributed by atoms with Gasteiger partial charge in [0.05, 0.1) is 16.7 Å². The summed E-state index contributed by atoms with van der Waals surface area (Å²) in [5.41, 5.74) is 2.99. The van der Waals surface area contributed by atoms with Crippen LogP contribution in [0.25, 0.3) is 11.0 Å². The number of aryl methyl sites for hydroxylation is 3. The van der Waals surface area contributed by atoms with Crippen LogP contribution in [0.3, 0.4) is 0 Å². The lowest BCUT2D eigenvalue weighted by atomic mass is 9.96. The molecule has 1 N–H and O–H groups in total. The number of likely N-dealkylation sites (N-methyl/N-ethyl adjacent to an activating group) is 1. The van der Waals surface area contributed by atoms with Crippen LogP contribution in [0.15, 0.2) is 41.3 Å². The molecule has 0 spiro atoms. The fraction of sp³-hybridized carbons (Fsp3) is 0.481. The van der Waals surface area contributed by atoms with Gasteiger partial charge in [-0.25, -0.2) is 9.78 Å². The molecule has 5 rings (SSSR count). The molecule has 10 heteroatoms. The first-order chi connectivity index (χ1) is 17.8. The van der Waals surface area contributed by atoms with Gasteiger partial charge >= 0.3 is 6.09 Å². The predicted octanol–water partition coefficient (Wildman–Crippen LogP) is 2.90. The van der Waals surface area contributed by atoms with Gasteiger partial charge in [0.2, 0.25) is 5.91 Å². The topological polar surface area (TPSA) is 110 Å². The normalized spacial score (nSPS) is 18.1. The highest BCUT2D eigenvalue weighted by atomic mass is 16.5. The minimum atomic E-state index is -0.982. The average molecular weight is 508 g/mol. The summed E-state index contributed by atoms with van der Waals surface area (Å²) in [6.45, 7) is 3.76. The fourth-order valence-corrected chi connectivity index (χ4v) is 5.52. The molecule has 2 aromatic heterocycles. The molecule has 2 aliphatic rings. The fourth-order valence-electron chi connectivity index (χ4n) is 5.52. The second-order valence-electron chi connectivity index (χ2n) is 9.92. The lowest BCUT2D eigenvalue weighted by Crippen LogP contribution is -2.42. The Bertz CT molecular complexity index is 1370. The van der Waals surface area contributed by atoms with Gasteiger partial charge in [0, 0.05) is 63.1 Å². The van der Waals surface area contributed by atoms with Gasteiger partial charge in [-0.3, -0.25) is 14.5 Å². The number of rotatable bonds is 6. The van der Waals surface area contributed by atoms with E-state index in [1.807, 2.05) is 41.6 Å². The van der Waals surface area contributed by atoms with Crippen molar-refractivity contribution in [3.63, 3.8) is 0 Å². The summed E-state index contributed by atoms with van der Waals surface area (Å²) in [7, 11) is 1.84. The summed E-state index contributed by atoms with van der Waals surface area (Å²) >= 11 is 0. The smallest absolute Gasteiger partial charge is 0.412 e. The monoisotopic (exact) mass is 507 g/mol. The van der Waals surface area contributed by atoms with Crippen molar-refractivity contribution in [2.45, 2.75) is 64.2 Å². The number of carboxylic acid groups (broad SMARTS) is 1. The molecule has 0 unspecified atom stereocenters. The molecule has 1 saturated heterocycles. The van der Waals surface area contributed by atoms with E-state index in [-0.39, 0.29) is 30.1 Å². The van der Waals surface area contributed by atoms with E-state index in [1.54, 1.807) is 16.8 Å². The van der Waals surface area contributed by atoms with Crippen molar-refractivity contribution < 1.29 is 19.4 Å². The number of benzene rings is 1. The van der Waals surface area contributed by atoms with E-state index in [9.17, 15) is 19.5 Å². The van der Waals surface area contributed by atoms with Crippen LogP contribution >= 0.6 is 0 Å². The third-order valence-electron chi connectivity index (χ3n) is 7.70. The molecule has 0 radical (unpaired) electrons. The maximum Gasteiger partial charge on any atom is 0.412 e. The third-order valence-corrected chi connectivity index (χ3v) is 7.70. The molecule has 0 aliphatic carbocycles. The van der Waals surface area contributed by atoms with Crippen LogP contribution in [-0.4, -0.2) is 68.5 Å². The van der Waals surface area contributed by atoms with Gasteiger partial charge in [0.25, 0.3) is 5.56 Å².